The number of aliphatic carboxylic acids is 1. The van der Waals surface area contributed by atoms with Crippen LogP contribution in [0.4, 0.5) is 0 Å². The summed E-state index contributed by atoms with van der Waals surface area (Å²) < 4.78 is 5.07. The molecule has 0 aliphatic carbocycles. The van der Waals surface area contributed by atoms with Gasteiger partial charge in [0.15, 0.2) is 0 Å². The lowest BCUT2D eigenvalue weighted by molar-refractivity contribution is -0.148. The smallest absolute Gasteiger partial charge is 0.326 e. The summed E-state index contributed by atoms with van der Waals surface area (Å²) in [7, 11) is 1.45. The second-order valence-corrected chi connectivity index (χ2v) is 4.75. The number of nitrogens with zero attached hydrogens (tertiary/aromatic N) is 4. The van der Waals surface area contributed by atoms with Gasteiger partial charge in [0.2, 0.25) is 17.6 Å². The van der Waals surface area contributed by atoms with Crippen LogP contribution in [0.25, 0.3) is 11.5 Å². The zero-order valence-corrected chi connectivity index (χ0v) is 12.3. The largest absolute Gasteiger partial charge is 0.480 e. The van der Waals surface area contributed by atoms with E-state index in [-0.39, 0.29) is 18.7 Å². The van der Waals surface area contributed by atoms with Crippen LogP contribution in [-0.4, -0.2) is 50.1 Å². The maximum absolute atomic E-state index is 11.9. The van der Waals surface area contributed by atoms with Gasteiger partial charge in [-0.25, -0.2) is 4.79 Å². The first-order chi connectivity index (χ1) is 10.5. The summed E-state index contributed by atoms with van der Waals surface area (Å²) >= 11 is 0. The molecular formula is C14H16N4O4. The highest BCUT2D eigenvalue weighted by Gasteiger charge is 2.22. The van der Waals surface area contributed by atoms with Crippen molar-refractivity contribution in [2.75, 3.05) is 7.05 Å². The number of hydrogen-bond acceptors (Lipinski definition) is 6. The molecule has 0 saturated carbocycles. The average Bonchev–Trinajstić information content (AvgIpc) is 3.00. The molecule has 8 nitrogen and oxygen atoms in total. The Kier molecular flexibility index (Phi) is 4.82. The van der Waals surface area contributed by atoms with Crippen LogP contribution >= 0.6 is 0 Å². The lowest BCUT2D eigenvalue weighted by atomic mass is 10.2. The Morgan fingerprint density at radius 3 is 2.82 bits per heavy atom. The topological polar surface area (TPSA) is 109 Å². The lowest BCUT2D eigenvalue weighted by Crippen LogP contribution is -2.40. The molecule has 2 rings (SSSR count). The Bertz CT molecular complexity index is 656. The van der Waals surface area contributed by atoms with E-state index in [1.165, 1.54) is 18.9 Å². The molecule has 0 fully saturated rings. The number of carbonyl (C=O) groups excluding carboxylic acids is 1. The maximum atomic E-state index is 11.9. The summed E-state index contributed by atoms with van der Waals surface area (Å²) in [5.74, 6) is -0.681. The molecule has 0 aliphatic rings. The zero-order chi connectivity index (χ0) is 16.1. The Labute approximate surface area is 126 Å². The molecule has 2 heterocycles. The number of aromatic nitrogens is 3. The number of rotatable bonds is 6. The third-order valence-electron chi connectivity index (χ3n) is 3.25. The summed E-state index contributed by atoms with van der Waals surface area (Å²) in [6.07, 6.45) is 1.96. The van der Waals surface area contributed by atoms with Crippen LogP contribution < -0.4 is 0 Å². The molecule has 116 valence electrons. The third kappa shape index (κ3) is 3.66. The molecule has 0 aromatic carbocycles. The van der Waals surface area contributed by atoms with Gasteiger partial charge < -0.3 is 14.5 Å². The van der Waals surface area contributed by atoms with Crippen molar-refractivity contribution in [3.05, 3.63) is 30.3 Å². The van der Waals surface area contributed by atoms with Crippen LogP contribution in [0.5, 0.6) is 0 Å². The van der Waals surface area contributed by atoms with Gasteiger partial charge in [-0.2, -0.15) is 4.98 Å². The van der Waals surface area contributed by atoms with E-state index in [0.29, 0.717) is 17.4 Å². The molecule has 2 aromatic rings. The molecule has 0 spiro atoms. The first-order valence-electron chi connectivity index (χ1n) is 6.71. The van der Waals surface area contributed by atoms with Crippen LogP contribution in [0.15, 0.2) is 28.9 Å². The highest BCUT2D eigenvalue weighted by atomic mass is 16.5. The Morgan fingerprint density at radius 2 is 2.18 bits per heavy atom. The second-order valence-electron chi connectivity index (χ2n) is 4.75. The fourth-order valence-corrected chi connectivity index (χ4v) is 1.73. The van der Waals surface area contributed by atoms with Gasteiger partial charge in [-0.05, 0) is 19.1 Å². The number of carboxylic acid groups (broad SMARTS) is 1. The first-order valence-corrected chi connectivity index (χ1v) is 6.71. The van der Waals surface area contributed by atoms with Gasteiger partial charge in [-0.1, -0.05) is 11.2 Å². The normalized spacial score (nSPS) is 11.9. The monoisotopic (exact) mass is 304 g/mol. The Hall–Kier alpha value is -2.77. The number of likely N-dealkylation sites (N-methyl/N-ethyl adjacent to an activating group) is 1. The van der Waals surface area contributed by atoms with Crippen LogP contribution in [0, 0.1) is 0 Å². The van der Waals surface area contributed by atoms with E-state index in [0.717, 1.165) is 0 Å². The van der Waals surface area contributed by atoms with Gasteiger partial charge in [-0.3, -0.25) is 9.78 Å². The zero-order valence-electron chi connectivity index (χ0n) is 12.3. The molecule has 0 bridgehead atoms. The minimum Gasteiger partial charge on any atom is -0.480 e. The summed E-state index contributed by atoms with van der Waals surface area (Å²) in [6.45, 7) is 1.45. The number of carbonyl (C=O) groups is 2. The van der Waals surface area contributed by atoms with Crippen molar-refractivity contribution in [3.63, 3.8) is 0 Å². The lowest BCUT2D eigenvalue weighted by Gasteiger charge is -2.20. The molecule has 0 radical (unpaired) electrons. The van der Waals surface area contributed by atoms with Gasteiger partial charge in [0, 0.05) is 26.1 Å². The van der Waals surface area contributed by atoms with Crippen molar-refractivity contribution in [3.8, 4) is 11.5 Å². The molecule has 0 aliphatic heterocycles. The van der Waals surface area contributed by atoms with E-state index in [4.69, 9.17) is 9.63 Å². The third-order valence-corrected chi connectivity index (χ3v) is 3.25. The number of amides is 1. The van der Waals surface area contributed by atoms with Gasteiger partial charge >= 0.3 is 5.97 Å². The van der Waals surface area contributed by atoms with E-state index >= 15 is 0 Å². The summed E-state index contributed by atoms with van der Waals surface area (Å²) in [6, 6.07) is 4.47. The molecule has 22 heavy (non-hydrogen) atoms. The van der Waals surface area contributed by atoms with Crippen molar-refractivity contribution < 1.29 is 19.2 Å². The number of pyridine rings is 1. The second kappa shape index (κ2) is 6.79. The highest BCUT2D eigenvalue weighted by Crippen LogP contribution is 2.13. The van der Waals surface area contributed by atoms with E-state index in [1.807, 2.05) is 6.07 Å². The quantitative estimate of drug-likeness (QED) is 0.847. The summed E-state index contributed by atoms with van der Waals surface area (Å²) in [5, 5.41) is 12.7. The average molecular weight is 304 g/mol. The first kappa shape index (κ1) is 15.6. The minimum atomic E-state index is -1.05. The molecule has 8 heteroatoms. The summed E-state index contributed by atoms with van der Waals surface area (Å²) in [5.41, 5.74) is 0.584. The van der Waals surface area contributed by atoms with Gasteiger partial charge in [0.1, 0.15) is 11.7 Å². The van der Waals surface area contributed by atoms with Crippen LogP contribution in [0.2, 0.25) is 0 Å². The maximum Gasteiger partial charge on any atom is 0.326 e. The Balaban J connectivity index is 1.94. The highest BCUT2D eigenvalue weighted by molar-refractivity contribution is 5.83. The predicted octanol–water partition coefficient (Wildman–Crippen LogP) is 0.996. The standard InChI is InChI=1S/C14H16N4O4/c1-9(14(20)21)18(2)12(19)7-6-11-16-13(17-22-11)10-5-3-4-8-15-10/h3-5,8-9H,6-7H2,1-2H3,(H,20,21). The van der Waals surface area contributed by atoms with Crippen molar-refractivity contribution in [1.29, 1.82) is 0 Å². The summed E-state index contributed by atoms with van der Waals surface area (Å²) in [4.78, 5) is 32.2. The number of carboxylic acids is 1. The molecule has 0 saturated heterocycles. The molecule has 1 amide bonds. The fourth-order valence-electron chi connectivity index (χ4n) is 1.73. The van der Waals surface area contributed by atoms with E-state index < -0.39 is 12.0 Å². The molecule has 2 aromatic heterocycles. The van der Waals surface area contributed by atoms with E-state index in [2.05, 4.69) is 15.1 Å². The number of aryl methyl sites for hydroxylation is 1. The molecule has 1 unspecified atom stereocenters. The van der Waals surface area contributed by atoms with Crippen molar-refractivity contribution >= 4 is 11.9 Å². The van der Waals surface area contributed by atoms with Crippen molar-refractivity contribution in [2.24, 2.45) is 0 Å². The molecular weight excluding hydrogens is 288 g/mol. The van der Waals surface area contributed by atoms with Crippen LogP contribution in [0.3, 0.4) is 0 Å². The molecule has 1 atom stereocenters. The van der Waals surface area contributed by atoms with E-state index in [9.17, 15) is 9.59 Å². The van der Waals surface area contributed by atoms with Crippen LogP contribution in [-0.2, 0) is 16.0 Å². The van der Waals surface area contributed by atoms with Gasteiger partial charge in [0.25, 0.3) is 0 Å². The minimum absolute atomic E-state index is 0.0952. The van der Waals surface area contributed by atoms with Gasteiger partial charge in [0.05, 0.1) is 0 Å². The van der Waals surface area contributed by atoms with Crippen LogP contribution in [0.1, 0.15) is 19.2 Å². The fraction of sp³-hybridized carbons (Fsp3) is 0.357. The predicted molar refractivity (Wildman–Crippen MR) is 75.7 cm³/mol. The van der Waals surface area contributed by atoms with E-state index in [1.54, 1.807) is 18.3 Å². The van der Waals surface area contributed by atoms with Gasteiger partial charge in [-0.15, -0.1) is 0 Å². The van der Waals surface area contributed by atoms with Crippen molar-refractivity contribution in [2.45, 2.75) is 25.8 Å². The Morgan fingerprint density at radius 1 is 1.41 bits per heavy atom. The SMILES string of the molecule is CC(C(=O)O)N(C)C(=O)CCc1nc(-c2ccccn2)no1. The molecule has 1 N–H and O–H groups in total. The number of hydrogen-bond donors (Lipinski definition) is 1. The van der Waals surface area contributed by atoms with Crippen molar-refractivity contribution in [1.82, 2.24) is 20.0 Å².